The van der Waals surface area contributed by atoms with Crippen LogP contribution in [-0.4, -0.2) is 14.3 Å². The van der Waals surface area contributed by atoms with Crippen LogP contribution in [0.2, 0.25) is 10.0 Å². The molecule has 0 spiro atoms. The lowest BCUT2D eigenvalue weighted by Crippen LogP contribution is -2.14. The van der Waals surface area contributed by atoms with Gasteiger partial charge in [0.2, 0.25) is 0 Å². The zero-order valence-corrected chi connectivity index (χ0v) is 18.0. The summed E-state index contributed by atoms with van der Waals surface area (Å²) >= 11 is 15.3. The largest absolute Gasteiger partial charge is 0.322 e. The van der Waals surface area contributed by atoms with Crippen molar-refractivity contribution in [2.24, 2.45) is 0 Å². The van der Waals surface area contributed by atoms with Crippen molar-refractivity contribution >= 4 is 66.4 Å². The number of sulfonamides is 1. The van der Waals surface area contributed by atoms with Crippen LogP contribution in [0.1, 0.15) is 10.4 Å². The molecule has 28 heavy (non-hydrogen) atoms. The topological polar surface area (TPSA) is 75.3 Å². The molecule has 0 aromatic heterocycles. The van der Waals surface area contributed by atoms with E-state index in [2.05, 4.69) is 26.0 Å². The molecule has 0 aliphatic rings. The van der Waals surface area contributed by atoms with E-state index in [1.54, 1.807) is 42.5 Å². The molecule has 0 saturated heterocycles. The second kappa shape index (κ2) is 8.53. The van der Waals surface area contributed by atoms with E-state index in [0.717, 1.165) is 0 Å². The van der Waals surface area contributed by atoms with Crippen molar-refractivity contribution in [3.8, 4) is 0 Å². The minimum atomic E-state index is -3.82. The number of hydrogen-bond acceptors (Lipinski definition) is 3. The van der Waals surface area contributed by atoms with E-state index in [0.29, 0.717) is 25.8 Å². The van der Waals surface area contributed by atoms with Crippen molar-refractivity contribution in [1.29, 1.82) is 0 Å². The second-order valence-electron chi connectivity index (χ2n) is 5.69. The molecule has 0 aliphatic carbocycles. The Morgan fingerprint density at radius 2 is 1.57 bits per heavy atom. The maximum absolute atomic E-state index is 12.5. The summed E-state index contributed by atoms with van der Waals surface area (Å²) in [6.45, 7) is 0. The Balaban J connectivity index is 1.77. The van der Waals surface area contributed by atoms with Crippen LogP contribution in [-0.2, 0) is 10.0 Å². The highest BCUT2D eigenvalue weighted by Crippen LogP contribution is 2.25. The van der Waals surface area contributed by atoms with Crippen LogP contribution in [0.25, 0.3) is 0 Å². The smallest absolute Gasteiger partial charge is 0.261 e. The van der Waals surface area contributed by atoms with Gasteiger partial charge < -0.3 is 5.32 Å². The monoisotopic (exact) mass is 498 g/mol. The second-order valence-corrected chi connectivity index (χ2v) is 9.10. The number of hydrogen-bond donors (Lipinski definition) is 2. The molecule has 9 heteroatoms. The summed E-state index contributed by atoms with van der Waals surface area (Å²) in [5.74, 6) is -0.406. The molecule has 0 fully saturated rings. The van der Waals surface area contributed by atoms with Gasteiger partial charge in [0.1, 0.15) is 0 Å². The van der Waals surface area contributed by atoms with Crippen LogP contribution >= 0.6 is 39.1 Å². The number of carbonyl (C=O) groups excluding carboxylic acids is 1. The van der Waals surface area contributed by atoms with Crippen LogP contribution < -0.4 is 10.0 Å². The molecule has 0 unspecified atom stereocenters. The molecule has 5 nitrogen and oxygen atoms in total. The highest BCUT2D eigenvalue weighted by molar-refractivity contribution is 9.10. The van der Waals surface area contributed by atoms with Gasteiger partial charge in [-0.05, 0) is 54.6 Å². The average molecular weight is 500 g/mol. The van der Waals surface area contributed by atoms with Crippen molar-refractivity contribution < 1.29 is 13.2 Å². The molecule has 0 aliphatic heterocycles. The van der Waals surface area contributed by atoms with Crippen molar-refractivity contribution in [3.05, 3.63) is 86.8 Å². The third-order valence-electron chi connectivity index (χ3n) is 3.71. The van der Waals surface area contributed by atoms with E-state index < -0.39 is 15.9 Å². The summed E-state index contributed by atoms with van der Waals surface area (Å²) in [7, 11) is -3.82. The van der Waals surface area contributed by atoms with E-state index in [1.807, 2.05) is 0 Å². The van der Waals surface area contributed by atoms with Gasteiger partial charge in [-0.15, -0.1) is 0 Å². The third-order valence-corrected chi connectivity index (χ3v) is 6.25. The molecule has 1 amide bonds. The van der Waals surface area contributed by atoms with Gasteiger partial charge in [0.05, 0.1) is 26.2 Å². The highest BCUT2D eigenvalue weighted by Gasteiger charge is 2.16. The predicted octanol–water partition coefficient (Wildman–Crippen LogP) is 5.81. The molecular weight excluding hydrogens is 487 g/mol. The van der Waals surface area contributed by atoms with Crippen molar-refractivity contribution in [2.75, 3.05) is 10.0 Å². The first-order valence-corrected chi connectivity index (χ1v) is 10.9. The number of halogens is 3. The van der Waals surface area contributed by atoms with E-state index >= 15 is 0 Å². The van der Waals surface area contributed by atoms with Crippen LogP contribution in [0.5, 0.6) is 0 Å². The van der Waals surface area contributed by atoms with E-state index in [9.17, 15) is 13.2 Å². The third kappa shape index (κ3) is 4.86. The molecule has 3 aromatic carbocycles. The molecular formula is C19H13BrCl2N2O3S. The lowest BCUT2D eigenvalue weighted by atomic mass is 10.2. The summed E-state index contributed by atoms with van der Waals surface area (Å²) in [6.07, 6.45) is 0. The Hall–Kier alpha value is -2.06. The van der Waals surface area contributed by atoms with Crippen LogP contribution in [0.4, 0.5) is 11.4 Å². The molecule has 0 atom stereocenters. The number of carbonyl (C=O) groups is 1. The van der Waals surface area contributed by atoms with Crippen LogP contribution in [0, 0.1) is 0 Å². The molecule has 0 bridgehead atoms. The first-order valence-electron chi connectivity index (χ1n) is 7.90. The molecule has 0 heterocycles. The van der Waals surface area contributed by atoms with Crippen molar-refractivity contribution in [1.82, 2.24) is 0 Å². The van der Waals surface area contributed by atoms with Gasteiger partial charge in [0.15, 0.2) is 0 Å². The highest BCUT2D eigenvalue weighted by atomic mass is 79.9. The Labute approximate surface area is 180 Å². The first kappa shape index (κ1) is 20.7. The van der Waals surface area contributed by atoms with E-state index in [-0.39, 0.29) is 10.6 Å². The molecule has 2 N–H and O–H groups in total. The number of para-hydroxylation sites is 1. The number of benzene rings is 3. The van der Waals surface area contributed by atoms with Gasteiger partial charge in [-0.25, -0.2) is 8.42 Å². The quantitative estimate of drug-likeness (QED) is 0.465. The standard InChI is InChI=1S/C19H13BrCl2N2O3S/c20-12-5-10-16(21)15(11-12)19(25)23-13-6-8-14(9-7-13)28(26,27)24-18-4-2-1-3-17(18)22/h1-11,24H,(H,23,25). The van der Waals surface area contributed by atoms with Gasteiger partial charge in [0, 0.05) is 10.2 Å². The SMILES string of the molecule is O=C(Nc1ccc(S(=O)(=O)Nc2ccccc2Cl)cc1)c1cc(Br)ccc1Cl. The lowest BCUT2D eigenvalue weighted by molar-refractivity contribution is 0.102. The van der Waals surface area contributed by atoms with Crippen molar-refractivity contribution in [3.63, 3.8) is 0 Å². The molecule has 0 saturated carbocycles. The first-order chi connectivity index (χ1) is 13.3. The normalized spacial score (nSPS) is 11.1. The van der Waals surface area contributed by atoms with Crippen LogP contribution in [0.3, 0.4) is 0 Å². The Kier molecular flexibility index (Phi) is 6.30. The fourth-order valence-corrected chi connectivity index (χ4v) is 4.22. The Morgan fingerprint density at radius 1 is 0.893 bits per heavy atom. The summed E-state index contributed by atoms with van der Waals surface area (Å²) in [5.41, 5.74) is 1.01. The number of anilines is 2. The summed E-state index contributed by atoms with van der Waals surface area (Å²) in [5, 5.41) is 3.28. The minimum absolute atomic E-state index is 0.0332. The lowest BCUT2D eigenvalue weighted by Gasteiger charge is -2.11. The maximum Gasteiger partial charge on any atom is 0.261 e. The van der Waals surface area contributed by atoms with Crippen molar-refractivity contribution in [2.45, 2.75) is 4.90 Å². The van der Waals surface area contributed by atoms with Gasteiger partial charge in [-0.2, -0.15) is 0 Å². The maximum atomic E-state index is 12.5. The van der Waals surface area contributed by atoms with Gasteiger partial charge >= 0.3 is 0 Å². The predicted molar refractivity (Wildman–Crippen MR) is 116 cm³/mol. The Bertz CT molecular complexity index is 1140. The number of nitrogens with one attached hydrogen (secondary N) is 2. The van der Waals surface area contributed by atoms with Crippen LogP contribution in [0.15, 0.2) is 76.1 Å². The average Bonchev–Trinajstić information content (AvgIpc) is 2.66. The van der Waals surface area contributed by atoms with Gasteiger partial charge in [-0.3, -0.25) is 9.52 Å². The fraction of sp³-hybridized carbons (Fsp3) is 0. The Morgan fingerprint density at radius 3 is 2.25 bits per heavy atom. The zero-order valence-electron chi connectivity index (χ0n) is 14.1. The molecule has 3 aromatic rings. The van der Waals surface area contributed by atoms with E-state index in [4.69, 9.17) is 23.2 Å². The summed E-state index contributed by atoms with van der Waals surface area (Å²) in [6, 6.07) is 17.2. The molecule has 3 rings (SSSR count). The van der Waals surface area contributed by atoms with Gasteiger partial charge in [0.25, 0.3) is 15.9 Å². The van der Waals surface area contributed by atoms with Gasteiger partial charge in [-0.1, -0.05) is 51.3 Å². The molecule has 144 valence electrons. The minimum Gasteiger partial charge on any atom is -0.322 e. The summed E-state index contributed by atoms with van der Waals surface area (Å²) < 4.78 is 28.2. The summed E-state index contributed by atoms with van der Waals surface area (Å²) in [4.78, 5) is 12.4. The number of rotatable bonds is 5. The molecule has 0 radical (unpaired) electrons. The fourth-order valence-electron chi connectivity index (χ4n) is 2.34. The zero-order chi connectivity index (χ0) is 20.3. The number of amides is 1. The van der Waals surface area contributed by atoms with E-state index in [1.165, 1.54) is 24.3 Å².